The highest BCUT2D eigenvalue weighted by molar-refractivity contribution is 7.78. The Morgan fingerprint density at radius 1 is 1.07 bits per heavy atom. The zero-order valence-electron chi connectivity index (χ0n) is 28.4. The summed E-state index contributed by atoms with van der Waals surface area (Å²) in [5.41, 5.74) is 9.09. The molecule has 0 aliphatic heterocycles. The molecule has 0 aliphatic rings. The van der Waals surface area contributed by atoms with E-state index in [-0.39, 0.29) is 11.3 Å². The smallest absolute Gasteiger partial charge is 0.293 e. The molecule has 2 aromatic heterocycles. The number of fused-ring (bicyclic) bond motifs is 1. The fourth-order valence-corrected chi connectivity index (χ4v) is 6.67. The summed E-state index contributed by atoms with van der Waals surface area (Å²) in [4.78, 5) is 28.9. The van der Waals surface area contributed by atoms with E-state index in [0.717, 1.165) is 62.0 Å². The molecular weight excluding hydrogens is 591 g/mol. The fourth-order valence-electron chi connectivity index (χ4n) is 6.51. The Morgan fingerprint density at radius 3 is 2.57 bits per heavy atom. The van der Waals surface area contributed by atoms with Gasteiger partial charge in [-0.1, -0.05) is 77.8 Å². The van der Waals surface area contributed by atoms with Gasteiger partial charge in [-0.05, 0) is 91.5 Å². The first kappa shape index (κ1) is 35.4. The van der Waals surface area contributed by atoms with E-state index >= 15 is 0 Å². The molecule has 1 N–H and O–H groups in total. The van der Waals surface area contributed by atoms with Crippen molar-refractivity contribution in [3.05, 3.63) is 77.6 Å². The third-order valence-corrected chi connectivity index (χ3v) is 9.39. The van der Waals surface area contributed by atoms with Crippen LogP contribution in [0.15, 0.2) is 60.8 Å². The molecule has 2 atom stereocenters. The molecule has 0 spiro atoms. The van der Waals surface area contributed by atoms with E-state index in [1.54, 1.807) is 0 Å². The summed E-state index contributed by atoms with van der Waals surface area (Å²) >= 11 is 4.03. The van der Waals surface area contributed by atoms with Gasteiger partial charge in [-0.25, -0.2) is 0 Å². The topological polar surface area (TPSA) is 73.2 Å². The van der Waals surface area contributed by atoms with Gasteiger partial charge in [0.2, 0.25) is 0 Å². The molecule has 7 heteroatoms. The highest BCUT2D eigenvalue weighted by Crippen LogP contribution is 2.42. The number of pyridine rings is 1. The van der Waals surface area contributed by atoms with Crippen LogP contribution in [0.5, 0.6) is 0 Å². The van der Waals surface area contributed by atoms with Crippen molar-refractivity contribution in [2.24, 2.45) is 11.3 Å². The van der Waals surface area contributed by atoms with Crippen LogP contribution in [0.4, 0.5) is 0 Å². The Bertz CT molecular complexity index is 1630. The lowest BCUT2D eigenvalue weighted by Crippen LogP contribution is -2.22. The van der Waals surface area contributed by atoms with Crippen molar-refractivity contribution in [3.63, 3.8) is 0 Å². The summed E-state index contributed by atoms with van der Waals surface area (Å²) in [6.45, 7) is 15.5. The molecule has 6 nitrogen and oxygen atoms in total. The number of aromatic nitrogens is 2. The standard InChI is InChI=1S/C39H51N3O3S/c1-7-27(3)37-32(15-12-19-40-37)38-34(24-39(5,6)25-45-26-43)33-23-31(17-18-35(33)42(38)8-2)30-14-11-13-29(22-30)21-28(4)36(44)16-9-10-20-41-46/h11-15,17-19,22-23,26-28,41,46H,7-10,16,20-21,24-25H2,1-6H3. The van der Waals surface area contributed by atoms with Crippen molar-refractivity contribution in [1.29, 1.82) is 0 Å². The molecule has 2 aromatic carbocycles. The average Bonchev–Trinajstić information content (AvgIpc) is 3.36. The Morgan fingerprint density at radius 2 is 1.85 bits per heavy atom. The lowest BCUT2D eigenvalue weighted by Gasteiger charge is -2.25. The van der Waals surface area contributed by atoms with Crippen molar-refractivity contribution in [2.45, 2.75) is 92.5 Å². The molecule has 0 saturated carbocycles. The number of nitrogens with zero attached hydrogens (tertiary/aromatic N) is 2. The number of thiol groups is 1. The first-order chi connectivity index (χ1) is 22.1. The van der Waals surface area contributed by atoms with Gasteiger partial charge in [0.25, 0.3) is 6.47 Å². The van der Waals surface area contributed by atoms with Crippen molar-refractivity contribution >= 4 is 36.0 Å². The van der Waals surface area contributed by atoms with Crippen LogP contribution in [0.1, 0.15) is 90.0 Å². The minimum absolute atomic E-state index is 0.0237. The van der Waals surface area contributed by atoms with E-state index in [2.05, 4.69) is 105 Å². The van der Waals surface area contributed by atoms with Crippen molar-refractivity contribution in [3.8, 4) is 22.4 Å². The molecule has 4 rings (SSSR count). The van der Waals surface area contributed by atoms with Gasteiger partial charge in [-0.3, -0.25) is 19.3 Å². The van der Waals surface area contributed by atoms with Crippen LogP contribution in [-0.4, -0.2) is 35.0 Å². The highest BCUT2D eigenvalue weighted by Gasteiger charge is 2.28. The third kappa shape index (κ3) is 8.48. The fraction of sp³-hybridized carbons (Fsp3) is 0.462. The van der Waals surface area contributed by atoms with Gasteiger partial charge >= 0.3 is 0 Å². The van der Waals surface area contributed by atoms with Gasteiger partial charge in [-0.2, -0.15) is 0 Å². The summed E-state index contributed by atoms with van der Waals surface area (Å²) in [6.07, 6.45) is 6.80. The van der Waals surface area contributed by atoms with Gasteiger partial charge < -0.3 is 9.30 Å². The van der Waals surface area contributed by atoms with Crippen molar-refractivity contribution < 1.29 is 14.3 Å². The van der Waals surface area contributed by atoms with Gasteiger partial charge in [0, 0.05) is 53.5 Å². The van der Waals surface area contributed by atoms with E-state index in [1.165, 1.54) is 33.3 Å². The van der Waals surface area contributed by atoms with Crippen LogP contribution in [0.2, 0.25) is 0 Å². The third-order valence-electron chi connectivity index (χ3n) is 9.17. The number of Topliss-reactive ketones (excluding diaryl/α,β-unsaturated/α-hetero) is 1. The normalized spacial score (nSPS) is 13.1. The van der Waals surface area contributed by atoms with Crippen LogP contribution in [0, 0.1) is 11.3 Å². The average molecular weight is 642 g/mol. The number of hydrogen-bond donors (Lipinski definition) is 2. The van der Waals surface area contributed by atoms with Crippen LogP contribution in [0.3, 0.4) is 0 Å². The summed E-state index contributed by atoms with van der Waals surface area (Å²) in [7, 11) is 0. The predicted molar refractivity (Wildman–Crippen MR) is 193 cm³/mol. The van der Waals surface area contributed by atoms with E-state index in [9.17, 15) is 9.59 Å². The molecule has 2 heterocycles. The number of unbranched alkanes of at least 4 members (excludes halogenated alkanes) is 1. The van der Waals surface area contributed by atoms with E-state index in [0.29, 0.717) is 31.2 Å². The number of aryl methyl sites for hydroxylation is 1. The highest BCUT2D eigenvalue weighted by atomic mass is 32.1. The maximum atomic E-state index is 12.8. The van der Waals surface area contributed by atoms with E-state index in [1.807, 2.05) is 19.2 Å². The number of ether oxygens (including phenoxy) is 1. The number of carbonyl (C=O) groups excluding carboxylic acids is 2. The molecule has 0 radical (unpaired) electrons. The lowest BCUT2D eigenvalue weighted by molar-refractivity contribution is -0.131. The van der Waals surface area contributed by atoms with Gasteiger partial charge in [0.05, 0.1) is 18.0 Å². The Balaban J connectivity index is 1.79. The van der Waals surface area contributed by atoms with Gasteiger partial charge in [0.1, 0.15) is 5.78 Å². The first-order valence-electron chi connectivity index (χ1n) is 16.8. The summed E-state index contributed by atoms with van der Waals surface area (Å²) in [5, 5.41) is 1.21. The molecule has 46 heavy (non-hydrogen) atoms. The molecule has 0 bridgehead atoms. The SMILES string of the molecule is CCC(C)c1ncccc1-c1c(CC(C)(C)COC=O)c2cc(-c3cccc(CC(C)C(=O)CCCCNS)c3)ccc2n1CC. The summed E-state index contributed by atoms with van der Waals surface area (Å²) < 4.78 is 10.6. The molecular formula is C39H51N3O3S. The number of carbonyl (C=O) groups is 2. The molecule has 0 aliphatic carbocycles. The second-order valence-corrected chi connectivity index (χ2v) is 13.8. The van der Waals surface area contributed by atoms with Gasteiger partial charge in [0.15, 0.2) is 0 Å². The zero-order valence-corrected chi connectivity index (χ0v) is 29.3. The molecule has 0 amide bonds. The Labute approximate surface area is 280 Å². The van der Waals surface area contributed by atoms with Crippen molar-refractivity contribution in [2.75, 3.05) is 13.2 Å². The van der Waals surface area contributed by atoms with Crippen molar-refractivity contribution in [1.82, 2.24) is 14.3 Å². The molecule has 2 unspecified atom stereocenters. The monoisotopic (exact) mass is 641 g/mol. The minimum Gasteiger partial charge on any atom is -0.467 e. The summed E-state index contributed by atoms with van der Waals surface area (Å²) in [6, 6.07) is 19.6. The van der Waals surface area contributed by atoms with Crippen LogP contribution in [0.25, 0.3) is 33.3 Å². The number of nitrogens with one attached hydrogen (secondary N) is 1. The molecule has 246 valence electrons. The lowest BCUT2D eigenvalue weighted by atomic mass is 9.83. The van der Waals surface area contributed by atoms with E-state index < -0.39 is 0 Å². The second kappa shape index (κ2) is 16.4. The zero-order chi connectivity index (χ0) is 33.3. The van der Waals surface area contributed by atoms with Crippen LogP contribution < -0.4 is 4.72 Å². The minimum atomic E-state index is -0.275. The number of rotatable bonds is 18. The Hall–Kier alpha value is -3.42. The predicted octanol–water partition coefficient (Wildman–Crippen LogP) is 9.00. The number of benzene rings is 2. The summed E-state index contributed by atoms with van der Waals surface area (Å²) in [5.74, 6) is 0.609. The van der Waals surface area contributed by atoms with Crippen LogP contribution in [-0.2, 0) is 33.7 Å². The molecule has 0 fully saturated rings. The second-order valence-electron chi connectivity index (χ2n) is 13.4. The van der Waals surface area contributed by atoms with Crippen LogP contribution >= 0.6 is 12.8 Å². The molecule has 4 aromatic rings. The molecule has 0 saturated heterocycles. The Kier molecular flexibility index (Phi) is 12.6. The maximum Gasteiger partial charge on any atom is 0.293 e. The van der Waals surface area contributed by atoms with Gasteiger partial charge in [-0.15, -0.1) is 0 Å². The number of hydrogen-bond acceptors (Lipinski definition) is 6. The first-order valence-corrected chi connectivity index (χ1v) is 17.2. The maximum absolute atomic E-state index is 12.8. The van der Waals surface area contributed by atoms with E-state index in [4.69, 9.17) is 9.72 Å². The largest absolute Gasteiger partial charge is 0.467 e. The quantitative estimate of drug-likeness (QED) is 0.0645. The number of ketones is 1.